The van der Waals surface area contributed by atoms with E-state index in [2.05, 4.69) is 22.2 Å². The smallest absolute Gasteiger partial charge is 0.169 e. The highest BCUT2D eigenvalue weighted by molar-refractivity contribution is 7.11. The second-order valence-electron chi connectivity index (χ2n) is 4.10. The fraction of sp³-hybridized carbons (Fsp3) is 0.385. The van der Waals surface area contributed by atoms with Gasteiger partial charge in [-0.1, -0.05) is 0 Å². The molecule has 18 heavy (non-hydrogen) atoms. The zero-order valence-electron chi connectivity index (χ0n) is 11.0. The van der Waals surface area contributed by atoms with E-state index >= 15 is 0 Å². The van der Waals surface area contributed by atoms with Crippen LogP contribution in [0.25, 0.3) is 0 Å². The average Bonchev–Trinajstić information content (AvgIpc) is 2.69. The highest BCUT2D eigenvalue weighted by Gasteiger charge is 2.14. The number of hydrogen-bond donors (Lipinski definition) is 1. The van der Waals surface area contributed by atoms with Crippen LogP contribution < -0.4 is 10.1 Å². The Hall–Kier alpha value is -1.62. The molecule has 2 aromatic rings. The van der Waals surface area contributed by atoms with Gasteiger partial charge in [0.15, 0.2) is 11.6 Å². The molecule has 2 aromatic heterocycles. The van der Waals surface area contributed by atoms with Crippen LogP contribution in [0, 0.1) is 13.8 Å². The second-order valence-corrected chi connectivity index (χ2v) is 5.34. The molecule has 4 nitrogen and oxygen atoms in total. The maximum absolute atomic E-state index is 5.28. The first-order valence-electron chi connectivity index (χ1n) is 5.81. The predicted molar refractivity (Wildman–Crippen MR) is 74.4 cm³/mol. The van der Waals surface area contributed by atoms with Crippen molar-refractivity contribution in [3.05, 3.63) is 33.9 Å². The number of anilines is 1. The Morgan fingerprint density at radius 3 is 2.78 bits per heavy atom. The maximum Gasteiger partial charge on any atom is 0.169 e. The van der Waals surface area contributed by atoms with E-state index in [1.54, 1.807) is 24.6 Å². The molecule has 0 aliphatic rings. The molecule has 0 bridgehead atoms. The molecule has 0 aromatic carbocycles. The summed E-state index contributed by atoms with van der Waals surface area (Å²) in [5.41, 5.74) is 1.08. The Labute approximate surface area is 111 Å². The summed E-state index contributed by atoms with van der Waals surface area (Å²) in [6.45, 7) is 6.16. The van der Waals surface area contributed by atoms with Gasteiger partial charge in [0, 0.05) is 11.1 Å². The van der Waals surface area contributed by atoms with Crippen molar-refractivity contribution < 1.29 is 4.74 Å². The zero-order chi connectivity index (χ0) is 13.1. The number of rotatable bonds is 4. The number of aromatic nitrogens is 2. The molecule has 0 radical (unpaired) electrons. The van der Waals surface area contributed by atoms with Crippen molar-refractivity contribution in [2.75, 3.05) is 12.4 Å². The molecule has 96 valence electrons. The van der Waals surface area contributed by atoms with Crippen molar-refractivity contribution in [1.29, 1.82) is 0 Å². The van der Waals surface area contributed by atoms with Crippen molar-refractivity contribution in [3.63, 3.8) is 0 Å². The summed E-state index contributed by atoms with van der Waals surface area (Å²) in [6.07, 6.45) is 1.75. The summed E-state index contributed by atoms with van der Waals surface area (Å²) < 4.78 is 5.28. The molecule has 0 amide bonds. The fourth-order valence-corrected chi connectivity index (χ4v) is 2.81. The molecule has 1 atom stereocenters. The van der Waals surface area contributed by atoms with E-state index in [0.717, 1.165) is 22.3 Å². The van der Waals surface area contributed by atoms with Gasteiger partial charge in [-0.2, -0.15) is 0 Å². The van der Waals surface area contributed by atoms with Crippen LogP contribution >= 0.6 is 11.3 Å². The van der Waals surface area contributed by atoms with Crippen LogP contribution in [-0.4, -0.2) is 17.1 Å². The van der Waals surface area contributed by atoms with Crippen LogP contribution in [-0.2, 0) is 0 Å². The van der Waals surface area contributed by atoms with E-state index in [-0.39, 0.29) is 6.04 Å². The van der Waals surface area contributed by atoms with Crippen LogP contribution in [0.15, 0.2) is 18.3 Å². The highest BCUT2D eigenvalue weighted by atomic mass is 32.1. The number of methoxy groups -OCH3 is 1. The molecule has 2 heterocycles. The standard InChI is InChI=1S/C13H17N3OS/c1-8-12(18-10(3)15-8)9(2)16-13-11(17-4)6-5-7-14-13/h5-7,9H,1-4H3,(H,14,16). The molecular weight excluding hydrogens is 246 g/mol. The first kappa shape index (κ1) is 12.8. The topological polar surface area (TPSA) is 47.0 Å². The number of thiazole rings is 1. The van der Waals surface area contributed by atoms with Crippen LogP contribution in [0.5, 0.6) is 5.75 Å². The van der Waals surface area contributed by atoms with Crippen molar-refractivity contribution in [1.82, 2.24) is 9.97 Å². The molecule has 0 aliphatic carbocycles. The molecular formula is C13H17N3OS. The normalized spacial score (nSPS) is 12.2. The molecule has 1 unspecified atom stereocenters. The molecule has 0 saturated carbocycles. The van der Waals surface area contributed by atoms with Gasteiger partial charge in [-0.15, -0.1) is 11.3 Å². The van der Waals surface area contributed by atoms with E-state index < -0.39 is 0 Å². The molecule has 0 aliphatic heterocycles. The Bertz CT molecular complexity index is 539. The number of ether oxygens (including phenoxy) is 1. The minimum Gasteiger partial charge on any atom is -0.493 e. The van der Waals surface area contributed by atoms with Gasteiger partial charge in [-0.3, -0.25) is 0 Å². The largest absolute Gasteiger partial charge is 0.493 e. The number of hydrogen-bond acceptors (Lipinski definition) is 5. The summed E-state index contributed by atoms with van der Waals surface area (Å²) in [7, 11) is 1.65. The number of aryl methyl sites for hydroxylation is 2. The third-order valence-electron chi connectivity index (χ3n) is 2.68. The number of nitrogens with zero attached hydrogens (tertiary/aromatic N) is 2. The Morgan fingerprint density at radius 2 is 2.17 bits per heavy atom. The van der Waals surface area contributed by atoms with Crippen LogP contribution in [0.3, 0.4) is 0 Å². The van der Waals surface area contributed by atoms with Gasteiger partial charge in [0.25, 0.3) is 0 Å². The van der Waals surface area contributed by atoms with Gasteiger partial charge >= 0.3 is 0 Å². The molecule has 2 rings (SSSR count). The number of nitrogens with one attached hydrogen (secondary N) is 1. The second kappa shape index (κ2) is 5.35. The lowest BCUT2D eigenvalue weighted by Gasteiger charge is -2.15. The van der Waals surface area contributed by atoms with Gasteiger partial charge in [0.1, 0.15) is 0 Å². The summed E-state index contributed by atoms with van der Waals surface area (Å²) >= 11 is 1.71. The van der Waals surface area contributed by atoms with Crippen molar-refractivity contribution in [2.24, 2.45) is 0 Å². The minimum atomic E-state index is 0.167. The average molecular weight is 263 g/mol. The molecule has 0 saturated heterocycles. The predicted octanol–water partition coefficient (Wildman–Crippen LogP) is 3.34. The fourth-order valence-electron chi connectivity index (χ4n) is 1.88. The quantitative estimate of drug-likeness (QED) is 0.919. The first-order chi connectivity index (χ1) is 8.61. The highest BCUT2D eigenvalue weighted by Crippen LogP contribution is 2.29. The summed E-state index contributed by atoms with van der Waals surface area (Å²) in [6, 6.07) is 3.92. The Kier molecular flexibility index (Phi) is 3.81. The Balaban J connectivity index is 2.21. The lowest BCUT2D eigenvalue weighted by Crippen LogP contribution is -2.08. The molecule has 1 N–H and O–H groups in total. The summed E-state index contributed by atoms with van der Waals surface area (Å²) in [5, 5.41) is 4.45. The van der Waals surface area contributed by atoms with Crippen molar-refractivity contribution >= 4 is 17.2 Å². The monoisotopic (exact) mass is 263 g/mol. The molecule has 0 fully saturated rings. The molecule has 5 heteroatoms. The third-order valence-corrected chi connectivity index (χ3v) is 3.93. The van der Waals surface area contributed by atoms with Gasteiger partial charge in [0.2, 0.25) is 0 Å². The van der Waals surface area contributed by atoms with Gasteiger partial charge < -0.3 is 10.1 Å². The summed E-state index contributed by atoms with van der Waals surface area (Å²) in [4.78, 5) is 9.98. The zero-order valence-corrected chi connectivity index (χ0v) is 11.8. The van der Waals surface area contributed by atoms with E-state index in [4.69, 9.17) is 4.74 Å². The maximum atomic E-state index is 5.28. The Morgan fingerprint density at radius 1 is 1.39 bits per heavy atom. The lowest BCUT2D eigenvalue weighted by molar-refractivity contribution is 0.414. The van der Waals surface area contributed by atoms with Crippen LogP contribution in [0.2, 0.25) is 0 Å². The van der Waals surface area contributed by atoms with E-state index in [1.807, 2.05) is 26.0 Å². The van der Waals surface area contributed by atoms with Crippen molar-refractivity contribution in [2.45, 2.75) is 26.8 Å². The van der Waals surface area contributed by atoms with E-state index in [9.17, 15) is 0 Å². The van der Waals surface area contributed by atoms with Crippen LogP contribution in [0.4, 0.5) is 5.82 Å². The lowest BCUT2D eigenvalue weighted by atomic mass is 10.2. The third kappa shape index (κ3) is 2.61. The molecule has 0 spiro atoms. The number of pyridine rings is 1. The first-order valence-corrected chi connectivity index (χ1v) is 6.63. The van der Waals surface area contributed by atoms with E-state index in [1.165, 1.54) is 4.88 Å². The summed E-state index contributed by atoms with van der Waals surface area (Å²) in [5.74, 6) is 1.51. The van der Waals surface area contributed by atoms with Gasteiger partial charge in [0.05, 0.1) is 23.9 Å². The van der Waals surface area contributed by atoms with Crippen molar-refractivity contribution in [3.8, 4) is 5.75 Å². The van der Waals surface area contributed by atoms with E-state index in [0.29, 0.717) is 0 Å². The van der Waals surface area contributed by atoms with Gasteiger partial charge in [-0.05, 0) is 32.9 Å². The van der Waals surface area contributed by atoms with Gasteiger partial charge in [-0.25, -0.2) is 9.97 Å². The minimum absolute atomic E-state index is 0.167. The SMILES string of the molecule is COc1cccnc1NC(C)c1sc(C)nc1C. The van der Waals surface area contributed by atoms with Crippen LogP contribution in [0.1, 0.15) is 28.5 Å².